The minimum atomic E-state index is -0.128. The van der Waals surface area contributed by atoms with E-state index >= 15 is 0 Å². The van der Waals surface area contributed by atoms with E-state index in [-0.39, 0.29) is 5.56 Å². The summed E-state index contributed by atoms with van der Waals surface area (Å²) in [5.41, 5.74) is 0.391. The highest BCUT2D eigenvalue weighted by molar-refractivity contribution is 4.91. The smallest absolute Gasteiger partial charge is 0.272 e. The average molecular weight is 139 g/mol. The van der Waals surface area contributed by atoms with Gasteiger partial charge in [0.15, 0.2) is 0 Å². The van der Waals surface area contributed by atoms with Crippen LogP contribution in [0.3, 0.4) is 0 Å². The second-order valence-corrected chi connectivity index (χ2v) is 2.01. The molecule has 0 saturated heterocycles. The lowest BCUT2D eigenvalue weighted by molar-refractivity contribution is 0.797. The Morgan fingerprint density at radius 2 is 2.50 bits per heavy atom. The molecule has 0 spiro atoms. The van der Waals surface area contributed by atoms with Gasteiger partial charge in [-0.25, -0.2) is 0 Å². The van der Waals surface area contributed by atoms with Crippen molar-refractivity contribution in [3.63, 3.8) is 0 Å². The second-order valence-electron chi connectivity index (χ2n) is 2.01. The Morgan fingerprint density at radius 3 is 3.10 bits per heavy atom. The molecule has 4 nitrogen and oxygen atoms in total. The number of rotatable bonds is 2. The van der Waals surface area contributed by atoms with Crippen LogP contribution in [0.5, 0.6) is 0 Å². The maximum Gasteiger partial charge on any atom is 0.272 e. The third kappa shape index (κ3) is 1.40. The van der Waals surface area contributed by atoms with Crippen molar-refractivity contribution in [1.29, 1.82) is 0 Å². The van der Waals surface area contributed by atoms with Gasteiger partial charge in [-0.3, -0.25) is 4.79 Å². The Labute approximate surface area is 58.3 Å². The third-order valence-corrected chi connectivity index (χ3v) is 1.18. The molecule has 0 saturated carbocycles. The van der Waals surface area contributed by atoms with Gasteiger partial charge >= 0.3 is 0 Å². The van der Waals surface area contributed by atoms with E-state index in [0.29, 0.717) is 12.1 Å². The quantitative estimate of drug-likeness (QED) is 0.633. The van der Waals surface area contributed by atoms with Crippen LogP contribution in [0.1, 0.15) is 19.0 Å². The molecule has 0 aliphatic heterocycles. The van der Waals surface area contributed by atoms with Crippen molar-refractivity contribution in [3.8, 4) is 0 Å². The van der Waals surface area contributed by atoms with E-state index in [9.17, 15) is 4.79 Å². The van der Waals surface area contributed by atoms with Gasteiger partial charge in [0.2, 0.25) is 0 Å². The first-order valence-corrected chi connectivity index (χ1v) is 3.24. The number of nitrogens with zero attached hydrogens (tertiary/aromatic N) is 2. The van der Waals surface area contributed by atoms with Gasteiger partial charge in [-0.15, -0.1) is 10.2 Å². The lowest BCUT2D eigenvalue weighted by Crippen LogP contribution is -2.14. The molecule has 0 bridgehead atoms. The van der Waals surface area contributed by atoms with E-state index in [1.807, 2.05) is 6.92 Å². The number of aryl methyl sites for hydroxylation is 1. The molecule has 1 aromatic heterocycles. The standard InChI is InChI=1S/C6H9N3O/c1-2-3-5-6(10)7-4-8-9-5/h4H,2-3H2,1H3,(H,7,8,10). The highest BCUT2D eigenvalue weighted by Gasteiger charge is 1.96. The molecule has 0 unspecified atom stereocenters. The summed E-state index contributed by atoms with van der Waals surface area (Å²) in [6.45, 7) is 1.99. The normalized spacial score (nSPS) is 9.70. The van der Waals surface area contributed by atoms with Crippen LogP contribution in [0, 0.1) is 0 Å². The number of aromatic amines is 1. The Morgan fingerprint density at radius 1 is 1.70 bits per heavy atom. The van der Waals surface area contributed by atoms with Crippen LogP contribution in [0.15, 0.2) is 11.1 Å². The summed E-state index contributed by atoms with van der Waals surface area (Å²) in [4.78, 5) is 13.3. The van der Waals surface area contributed by atoms with Gasteiger partial charge in [-0.05, 0) is 6.42 Å². The predicted octanol–water partition coefficient (Wildman–Crippen LogP) is 0.117. The molecule has 0 aromatic carbocycles. The Hall–Kier alpha value is -1.19. The molecule has 0 fully saturated rings. The summed E-state index contributed by atoms with van der Waals surface area (Å²) in [7, 11) is 0. The van der Waals surface area contributed by atoms with E-state index in [1.165, 1.54) is 6.33 Å². The van der Waals surface area contributed by atoms with Crippen LogP contribution in [-0.4, -0.2) is 15.2 Å². The maximum absolute atomic E-state index is 10.9. The van der Waals surface area contributed by atoms with Gasteiger partial charge < -0.3 is 4.98 Å². The summed E-state index contributed by atoms with van der Waals surface area (Å²) in [6, 6.07) is 0. The zero-order valence-corrected chi connectivity index (χ0v) is 5.79. The number of aromatic nitrogens is 3. The summed E-state index contributed by atoms with van der Waals surface area (Å²) < 4.78 is 0. The zero-order valence-electron chi connectivity index (χ0n) is 5.79. The average Bonchev–Trinajstić information content (AvgIpc) is 1.94. The van der Waals surface area contributed by atoms with Crippen molar-refractivity contribution in [3.05, 3.63) is 22.4 Å². The summed E-state index contributed by atoms with van der Waals surface area (Å²) in [5.74, 6) is 0. The van der Waals surface area contributed by atoms with Crippen molar-refractivity contribution >= 4 is 0 Å². The lowest BCUT2D eigenvalue weighted by Gasteiger charge is -1.90. The van der Waals surface area contributed by atoms with Crippen LogP contribution in [-0.2, 0) is 6.42 Å². The lowest BCUT2D eigenvalue weighted by atomic mass is 10.3. The molecule has 0 atom stereocenters. The highest BCUT2D eigenvalue weighted by Crippen LogP contribution is 1.86. The first-order chi connectivity index (χ1) is 4.84. The largest absolute Gasteiger partial charge is 0.310 e. The van der Waals surface area contributed by atoms with Crippen LogP contribution >= 0.6 is 0 Å². The molecule has 0 radical (unpaired) electrons. The molecule has 1 rings (SSSR count). The Balaban J connectivity index is 2.92. The maximum atomic E-state index is 10.9. The van der Waals surface area contributed by atoms with Crippen molar-refractivity contribution in [1.82, 2.24) is 15.2 Å². The molecule has 1 N–H and O–H groups in total. The number of hydrogen-bond donors (Lipinski definition) is 1. The van der Waals surface area contributed by atoms with Crippen molar-refractivity contribution in [2.45, 2.75) is 19.8 Å². The minimum Gasteiger partial charge on any atom is -0.310 e. The van der Waals surface area contributed by atoms with Crippen LogP contribution in [0.2, 0.25) is 0 Å². The molecule has 1 aromatic rings. The predicted molar refractivity (Wildman–Crippen MR) is 36.6 cm³/mol. The van der Waals surface area contributed by atoms with Crippen LogP contribution < -0.4 is 5.56 Å². The fraction of sp³-hybridized carbons (Fsp3) is 0.500. The topological polar surface area (TPSA) is 58.6 Å². The first kappa shape index (κ1) is 6.92. The Bertz CT molecular complexity index is 255. The van der Waals surface area contributed by atoms with E-state index in [0.717, 1.165) is 6.42 Å². The molecule has 54 valence electrons. The second kappa shape index (κ2) is 3.10. The minimum absolute atomic E-state index is 0.128. The van der Waals surface area contributed by atoms with Crippen molar-refractivity contribution in [2.24, 2.45) is 0 Å². The van der Waals surface area contributed by atoms with Gasteiger partial charge in [0, 0.05) is 0 Å². The SMILES string of the molecule is CCCc1nnc[nH]c1=O. The van der Waals surface area contributed by atoms with E-state index in [1.54, 1.807) is 0 Å². The molecule has 0 amide bonds. The molecule has 1 heterocycles. The van der Waals surface area contributed by atoms with Crippen molar-refractivity contribution < 1.29 is 0 Å². The number of H-pyrrole nitrogens is 1. The Kier molecular flexibility index (Phi) is 2.15. The molecule has 0 aliphatic carbocycles. The van der Waals surface area contributed by atoms with Gasteiger partial charge in [-0.1, -0.05) is 13.3 Å². The van der Waals surface area contributed by atoms with Gasteiger partial charge in [0.25, 0.3) is 5.56 Å². The number of hydrogen-bond acceptors (Lipinski definition) is 3. The zero-order chi connectivity index (χ0) is 7.40. The monoisotopic (exact) mass is 139 g/mol. The fourth-order valence-electron chi connectivity index (χ4n) is 0.715. The van der Waals surface area contributed by atoms with E-state index in [2.05, 4.69) is 15.2 Å². The third-order valence-electron chi connectivity index (χ3n) is 1.18. The first-order valence-electron chi connectivity index (χ1n) is 3.24. The van der Waals surface area contributed by atoms with Gasteiger partial charge in [0.1, 0.15) is 12.0 Å². The fourth-order valence-corrected chi connectivity index (χ4v) is 0.715. The number of nitrogens with one attached hydrogen (secondary N) is 1. The van der Waals surface area contributed by atoms with Crippen LogP contribution in [0.25, 0.3) is 0 Å². The van der Waals surface area contributed by atoms with Crippen molar-refractivity contribution in [2.75, 3.05) is 0 Å². The summed E-state index contributed by atoms with van der Waals surface area (Å²) in [5, 5.41) is 7.23. The molecule has 10 heavy (non-hydrogen) atoms. The highest BCUT2D eigenvalue weighted by atomic mass is 16.1. The summed E-state index contributed by atoms with van der Waals surface area (Å²) in [6.07, 6.45) is 2.91. The van der Waals surface area contributed by atoms with Gasteiger partial charge in [-0.2, -0.15) is 0 Å². The molecular weight excluding hydrogens is 130 g/mol. The molecular formula is C6H9N3O. The van der Waals surface area contributed by atoms with E-state index < -0.39 is 0 Å². The van der Waals surface area contributed by atoms with Crippen LogP contribution in [0.4, 0.5) is 0 Å². The molecule has 4 heteroatoms. The van der Waals surface area contributed by atoms with E-state index in [4.69, 9.17) is 0 Å². The van der Waals surface area contributed by atoms with Gasteiger partial charge in [0.05, 0.1) is 0 Å². The summed E-state index contributed by atoms with van der Waals surface area (Å²) >= 11 is 0. The molecule has 0 aliphatic rings.